The maximum atomic E-state index is 12.0. The quantitative estimate of drug-likeness (QED) is 0.749. The summed E-state index contributed by atoms with van der Waals surface area (Å²) in [5, 5.41) is 6.05. The minimum atomic E-state index is -0.0764. The maximum Gasteiger partial charge on any atom is 0.229 e. The summed E-state index contributed by atoms with van der Waals surface area (Å²) in [6.45, 7) is 0. The predicted molar refractivity (Wildman–Crippen MR) is 92.7 cm³/mol. The second-order valence-corrected chi connectivity index (χ2v) is 5.13. The summed E-state index contributed by atoms with van der Waals surface area (Å²) in [6, 6.07) is 23.2. The molecule has 4 nitrogen and oxygen atoms in total. The third-order valence-electron chi connectivity index (χ3n) is 3.30. The van der Waals surface area contributed by atoms with Crippen molar-refractivity contribution in [3.63, 3.8) is 0 Å². The van der Waals surface area contributed by atoms with E-state index in [1.165, 1.54) is 0 Å². The molecule has 0 unspecified atom stereocenters. The summed E-state index contributed by atoms with van der Waals surface area (Å²) in [5.41, 5.74) is 2.85. The molecule has 1 heterocycles. The first-order chi connectivity index (χ1) is 11.3. The van der Waals surface area contributed by atoms with E-state index < -0.39 is 0 Å². The SMILES string of the molecule is O=C(Cc1ccccc1)Nc1ccc(Nc2ccccc2)cn1. The number of nitrogens with one attached hydrogen (secondary N) is 2. The van der Waals surface area contributed by atoms with Crippen molar-refractivity contribution in [2.45, 2.75) is 6.42 Å². The lowest BCUT2D eigenvalue weighted by Gasteiger charge is -2.08. The number of carbonyl (C=O) groups excluding carboxylic acids is 1. The van der Waals surface area contributed by atoms with E-state index in [0.29, 0.717) is 12.2 Å². The molecule has 3 aromatic rings. The van der Waals surface area contributed by atoms with Gasteiger partial charge in [-0.15, -0.1) is 0 Å². The summed E-state index contributed by atoms with van der Waals surface area (Å²) in [5.74, 6) is 0.469. The first kappa shape index (κ1) is 14.8. The third kappa shape index (κ3) is 4.41. The Hall–Kier alpha value is -3.14. The molecule has 0 radical (unpaired) electrons. The largest absolute Gasteiger partial charge is 0.354 e. The number of anilines is 3. The molecule has 0 saturated heterocycles. The van der Waals surface area contributed by atoms with Crippen LogP contribution in [0.1, 0.15) is 5.56 Å². The fourth-order valence-corrected chi connectivity index (χ4v) is 2.20. The highest BCUT2D eigenvalue weighted by Gasteiger charge is 2.04. The average molecular weight is 303 g/mol. The van der Waals surface area contributed by atoms with Crippen molar-refractivity contribution in [1.82, 2.24) is 4.98 Å². The van der Waals surface area contributed by atoms with Crippen LogP contribution in [-0.4, -0.2) is 10.9 Å². The van der Waals surface area contributed by atoms with Crippen LogP contribution in [0, 0.1) is 0 Å². The highest BCUT2D eigenvalue weighted by molar-refractivity contribution is 5.91. The van der Waals surface area contributed by atoms with Crippen molar-refractivity contribution in [3.8, 4) is 0 Å². The Morgan fingerprint density at radius 2 is 1.52 bits per heavy atom. The number of benzene rings is 2. The van der Waals surface area contributed by atoms with E-state index in [-0.39, 0.29) is 5.91 Å². The molecule has 4 heteroatoms. The molecular weight excluding hydrogens is 286 g/mol. The zero-order valence-corrected chi connectivity index (χ0v) is 12.6. The second-order valence-electron chi connectivity index (χ2n) is 5.13. The molecule has 0 spiro atoms. The molecule has 0 fully saturated rings. The summed E-state index contributed by atoms with van der Waals surface area (Å²) in [4.78, 5) is 16.3. The molecule has 0 aliphatic carbocycles. The Morgan fingerprint density at radius 3 is 2.17 bits per heavy atom. The lowest BCUT2D eigenvalue weighted by Crippen LogP contribution is -2.15. The monoisotopic (exact) mass is 303 g/mol. The van der Waals surface area contributed by atoms with Gasteiger partial charge in [-0.25, -0.2) is 4.98 Å². The minimum Gasteiger partial charge on any atom is -0.354 e. The number of hydrogen-bond donors (Lipinski definition) is 2. The van der Waals surface area contributed by atoms with Crippen LogP contribution in [0.25, 0.3) is 0 Å². The number of rotatable bonds is 5. The molecule has 0 atom stereocenters. The zero-order chi connectivity index (χ0) is 15.9. The van der Waals surface area contributed by atoms with Gasteiger partial charge in [-0.05, 0) is 29.8 Å². The summed E-state index contributed by atoms with van der Waals surface area (Å²) in [7, 11) is 0. The van der Waals surface area contributed by atoms with Crippen molar-refractivity contribution in [2.24, 2.45) is 0 Å². The molecule has 1 amide bonds. The average Bonchev–Trinajstić information content (AvgIpc) is 2.58. The van der Waals surface area contributed by atoms with Gasteiger partial charge in [0.25, 0.3) is 0 Å². The highest BCUT2D eigenvalue weighted by Crippen LogP contribution is 2.16. The van der Waals surface area contributed by atoms with E-state index in [2.05, 4.69) is 15.6 Å². The Kier molecular flexibility index (Phi) is 4.64. The fourth-order valence-electron chi connectivity index (χ4n) is 2.20. The maximum absolute atomic E-state index is 12.0. The van der Waals surface area contributed by atoms with Gasteiger partial charge >= 0.3 is 0 Å². The van der Waals surface area contributed by atoms with Crippen LogP contribution in [0.4, 0.5) is 17.2 Å². The first-order valence-corrected chi connectivity index (χ1v) is 7.41. The smallest absolute Gasteiger partial charge is 0.229 e. The van der Waals surface area contributed by atoms with Gasteiger partial charge in [0.2, 0.25) is 5.91 Å². The molecule has 0 saturated carbocycles. The standard InChI is InChI=1S/C19H17N3O/c23-19(13-15-7-3-1-4-8-15)22-18-12-11-17(14-20-18)21-16-9-5-2-6-10-16/h1-12,14,21H,13H2,(H,20,22,23). The number of aromatic nitrogens is 1. The zero-order valence-electron chi connectivity index (χ0n) is 12.6. The summed E-state index contributed by atoms with van der Waals surface area (Å²) in [6.07, 6.45) is 2.04. The predicted octanol–water partition coefficient (Wildman–Crippen LogP) is 4.01. The van der Waals surface area contributed by atoms with Crippen molar-refractivity contribution in [1.29, 1.82) is 0 Å². The van der Waals surface area contributed by atoms with Gasteiger partial charge in [-0.3, -0.25) is 4.79 Å². The van der Waals surface area contributed by atoms with Gasteiger partial charge in [0.05, 0.1) is 18.3 Å². The van der Waals surface area contributed by atoms with Crippen LogP contribution in [0.3, 0.4) is 0 Å². The number of para-hydroxylation sites is 1. The van der Waals surface area contributed by atoms with Crippen molar-refractivity contribution < 1.29 is 4.79 Å². The van der Waals surface area contributed by atoms with Crippen molar-refractivity contribution in [2.75, 3.05) is 10.6 Å². The Morgan fingerprint density at radius 1 is 0.826 bits per heavy atom. The van der Waals surface area contributed by atoms with E-state index >= 15 is 0 Å². The van der Waals surface area contributed by atoms with Crippen LogP contribution in [0.2, 0.25) is 0 Å². The molecule has 3 rings (SSSR count). The number of nitrogens with zero attached hydrogens (tertiary/aromatic N) is 1. The van der Waals surface area contributed by atoms with Gasteiger partial charge in [-0.1, -0.05) is 48.5 Å². The van der Waals surface area contributed by atoms with Gasteiger partial charge in [0.15, 0.2) is 0 Å². The third-order valence-corrected chi connectivity index (χ3v) is 3.30. The molecule has 2 N–H and O–H groups in total. The van der Waals surface area contributed by atoms with Crippen molar-refractivity contribution >= 4 is 23.1 Å². The Bertz CT molecular complexity index is 756. The molecule has 0 aliphatic rings. The molecular formula is C19H17N3O. The molecule has 0 aliphatic heterocycles. The number of carbonyl (C=O) groups is 1. The van der Waals surface area contributed by atoms with Gasteiger partial charge in [-0.2, -0.15) is 0 Å². The van der Waals surface area contributed by atoms with Crippen LogP contribution in [-0.2, 0) is 11.2 Å². The molecule has 23 heavy (non-hydrogen) atoms. The fraction of sp³-hybridized carbons (Fsp3) is 0.0526. The first-order valence-electron chi connectivity index (χ1n) is 7.41. The molecule has 1 aromatic heterocycles. The normalized spacial score (nSPS) is 10.1. The van der Waals surface area contributed by atoms with Crippen LogP contribution >= 0.6 is 0 Å². The van der Waals surface area contributed by atoms with E-state index in [4.69, 9.17) is 0 Å². The summed E-state index contributed by atoms with van der Waals surface area (Å²) < 4.78 is 0. The number of hydrogen-bond acceptors (Lipinski definition) is 3. The van der Waals surface area contributed by atoms with Crippen molar-refractivity contribution in [3.05, 3.63) is 84.6 Å². The van der Waals surface area contributed by atoms with E-state index in [9.17, 15) is 4.79 Å². The Balaban J connectivity index is 1.58. The number of pyridine rings is 1. The van der Waals surface area contributed by atoms with Crippen LogP contribution < -0.4 is 10.6 Å². The lowest BCUT2D eigenvalue weighted by molar-refractivity contribution is -0.115. The van der Waals surface area contributed by atoms with Crippen LogP contribution in [0.15, 0.2) is 79.0 Å². The van der Waals surface area contributed by atoms with E-state index in [0.717, 1.165) is 16.9 Å². The lowest BCUT2D eigenvalue weighted by atomic mass is 10.1. The van der Waals surface area contributed by atoms with Gasteiger partial charge < -0.3 is 10.6 Å². The molecule has 0 bridgehead atoms. The Labute approximate surface area is 135 Å². The second kappa shape index (κ2) is 7.22. The highest BCUT2D eigenvalue weighted by atomic mass is 16.1. The van der Waals surface area contributed by atoms with Gasteiger partial charge in [0, 0.05) is 5.69 Å². The molecule has 114 valence electrons. The number of amides is 1. The van der Waals surface area contributed by atoms with E-state index in [1.807, 2.05) is 66.7 Å². The van der Waals surface area contributed by atoms with E-state index in [1.54, 1.807) is 12.3 Å². The summed E-state index contributed by atoms with van der Waals surface area (Å²) >= 11 is 0. The minimum absolute atomic E-state index is 0.0764. The van der Waals surface area contributed by atoms with Gasteiger partial charge in [0.1, 0.15) is 5.82 Å². The molecule has 2 aromatic carbocycles. The van der Waals surface area contributed by atoms with Crippen LogP contribution in [0.5, 0.6) is 0 Å². The topological polar surface area (TPSA) is 54.0 Å².